The molecule has 0 aromatic carbocycles. The number of aliphatic hydroxyl groups excluding tert-OH is 3. The van der Waals surface area contributed by atoms with Crippen molar-refractivity contribution >= 4 is 17.5 Å². The van der Waals surface area contributed by atoms with Crippen molar-refractivity contribution in [2.24, 2.45) is 11.8 Å². The SMILES string of the molecule is O=C1CC[C@@H](CO)[C@@H]1CSCC(O)CO. The third-order valence-electron chi connectivity index (χ3n) is 2.80. The minimum absolute atomic E-state index is 0.0640. The zero-order chi connectivity index (χ0) is 11.3. The molecule has 1 unspecified atom stereocenters. The van der Waals surface area contributed by atoms with Gasteiger partial charge in [-0.1, -0.05) is 0 Å². The number of aliphatic hydroxyl groups is 3. The predicted octanol–water partition coefficient (Wildman–Crippen LogP) is -0.340. The Bertz CT molecular complexity index is 210. The van der Waals surface area contributed by atoms with Gasteiger partial charge in [0.05, 0.1) is 12.7 Å². The van der Waals surface area contributed by atoms with Gasteiger partial charge in [0.2, 0.25) is 0 Å². The summed E-state index contributed by atoms with van der Waals surface area (Å²) >= 11 is 1.46. The minimum atomic E-state index is -0.709. The van der Waals surface area contributed by atoms with Crippen LogP contribution in [0.5, 0.6) is 0 Å². The molecule has 88 valence electrons. The molecule has 0 saturated heterocycles. The average molecular weight is 234 g/mol. The van der Waals surface area contributed by atoms with Gasteiger partial charge in [0.15, 0.2) is 0 Å². The van der Waals surface area contributed by atoms with E-state index in [9.17, 15) is 4.79 Å². The first-order valence-corrected chi connectivity index (χ1v) is 6.34. The molecule has 0 radical (unpaired) electrons. The van der Waals surface area contributed by atoms with Gasteiger partial charge in [-0.2, -0.15) is 11.8 Å². The molecular formula is C10H18O4S. The third-order valence-corrected chi connectivity index (χ3v) is 4.01. The second kappa shape index (κ2) is 6.48. The Kier molecular flexibility index (Phi) is 5.60. The zero-order valence-electron chi connectivity index (χ0n) is 8.63. The summed E-state index contributed by atoms with van der Waals surface area (Å²) in [5, 5.41) is 26.8. The van der Waals surface area contributed by atoms with E-state index in [-0.39, 0.29) is 30.8 Å². The zero-order valence-corrected chi connectivity index (χ0v) is 9.45. The van der Waals surface area contributed by atoms with Crippen LogP contribution in [0.3, 0.4) is 0 Å². The predicted molar refractivity (Wildman–Crippen MR) is 58.7 cm³/mol. The molecule has 5 heteroatoms. The van der Waals surface area contributed by atoms with E-state index in [0.717, 1.165) is 6.42 Å². The molecule has 1 fully saturated rings. The average Bonchev–Trinajstić information content (AvgIpc) is 2.60. The lowest BCUT2D eigenvalue weighted by atomic mass is 9.99. The first-order valence-electron chi connectivity index (χ1n) is 5.19. The van der Waals surface area contributed by atoms with Gasteiger partial charge in [-0.05, 0) is 12.3 Å². The smallest absolute Gasteiger partial charge is 0.137 e. The summed E-state index contributed by atoms with van der Waals surface area (Å²) < 4.78 is 0. The van der Waals surface area contributed by atoms with Crippen LogP contribution in [0.25, 0.3) is 0 Å². The number of carbonyl (C=O) groups is 1. The number of rotatable bonds is 6. The van der Waals surface area contributed by atoms with Gasteiger partial charge >= 0.3 is 0 Å². The highest BCUT2D eigenvalue weighted by Crippen LogP contribution is 2.31. The van der Waals surface area contributed by atoms with Gasteiger partial charge in [0.25, 0.3) is 0 Å². The summed E-state index contributed by atoms with van der Waals surface area (Å²) in [5.74, 6) is 1.33. The molecule has 1 aliphatic rings. The molecule has 1 rings (SSSR count). The Balaban J connectivity index is 2.27. The van der Waals surface area contributed by atoms with Gasteiger partial charge in [-0.15, -0.1) is 0 Å². The lowest BCUT2D eigenvalue weighted by Gasteiger charge is -2.16. The number of thioether (sulfide) groups is 1. The monoisotopic (exact) mass is 234 g/mol. The van der Waals surface area contributed by atoms with Crippen molar-refractivity contribution in [1.29, 1.82) is 0 Å². The van der Waals surface area contributed by atoms with Crippen LogP contribution in [0.2, 0.25) is 0 Å². The summed E-state index contributed by atoms with van der Waals surface area (Å²) in [6.07, 6.45) is 0.640. The minimum Gasteiger partial charge on any atom is -0.396 e. The fraction of sp³-hybridized carbons (Fsp3) is 0.900. The molecule has 0 spiro atoms. The largest absolute Gasteiger partial charge is 0.396 e. The van der Waals surface area contributed by atoms with E-state index in [1.54, 1.807) is 0 Å². The second-order valence-corrected chi connectivity index (χ2v) is 5.00. The van der Waals surface area contributed by atoms with E-state index in [0.29, 0.717) is 17.9 Å². The maximum atomic E-state index is 11.5. The van der Waals surface area contributed by atoms with Gasteiger partial charge in [0, 0.05) is 30.5 Å². The van der Waals surface area contributed by atoms with Crippen LogP contribution in [0.4, 0.5) is 0 Å². The highest BCUT2D eigenvalue weighted by molar-refractivity contribution is 7.99. The van der Waals surface area contributed by atoms with Gasteiger partial charge < -0.3 is 15.3 Å². The molecule has 0 bridgehead atoms. The molecule has 0 amide bonds. The van der Waals surface area contributed by atoms with Crippen molar-refractivity contribution in [1.82, 2.24) is 0 Å². The van der Waals surface area contributed by atoms with Crippen molar-refractivity contribution in [2.45, 2.75) is 18.9 Å². The Labute approximate surface area is 93.7 Å². The van der Waals surface area contributed by atoms with E-state index in [4.69, 9.17) is 15.3 Å². The topological polar surface area (TPSA) is 77.8 Å². The number of Topliss-reactive ketones (excluding diaryl/α,β-unsaturated/α-hetero) is 1. The maximum Gasteiger partial charge on any atom is 0.137 e. The molecule has 15 heavy (non-hydrogen) atoms. The Hall–Kier alpha value is -0.100. The molecule has 1 saturated carbocycles. The van der Waals surface area contributed by atoms with E-state index in [1.807, 2.05) is 0 Å². The molecule has 3 atom stereocenters. The van der Waals surface area contributed by atoms with E-state index < -0.39 is 6.10 Å². The number of carbonyl (C=O) groups excluding carboxylic acids is 1. The fourth-order valence-corrected chi connectivity index (χ4v) is 3.03. The van der Waals surface area contributed by atoms with Crippen molar-refractivity contribution in [2.75, 3.05) is 24.7 Å². The maximum absolute atomic E-state index is 11.5. The van der Waals surface area contributed by atoms with Crippen LogP contribution in [-0.4, -0.2) is 51.9 Å². The molecule has 0 aromatic rings. The van der Waals surface area contributed by atoms with Crippen LogP contribution >= 0.6 is 11.8 Å². The molecule has 0 aliphatic heterocycles. The van der Waals surface area contributed by atoms with E-state index >= 15 is 0 Å². The Morgan fingerprint density at radius 2 is 2.20 bits per heavy atom. The van der Waals surface area contributed by atoms with Crippen LogP contribution < -0.4 is 0 Å². The highest BCUT2D eigenvalue weighted by Gasteiger charge is 2.33. The fourth-order valence-electron chi connectivity index (χ4n) is 1.81. The van der Waals surface area contributed by atoms with Gasteiger partial charge in [-0.3, -0.25) is 4.79 Å². The molecule has 0 heterocycles. The summed E-state index contributed by atoms with van der Waals surface area (Å²) in [6.45, 7) is -0.172. The molecule has 1 aliphatic carbocycles. The Morgan fingerprint density at radius 3 is 2.80 bits per heavy atom. The van der Waals surface area contributed by atoms with Crippen LogP contribution in [0.1, 0.15) is 12.8 Å². The van der Waals surface area contributed by atoms with E-state index in [2.05, 4.69) is 0 Å². The lowest BCUT2D eigenvalue weighted by molar-refractivity contribution is -0.120. The summed E-state index contributed by atoms with van der Waals surface area (Å²) in [4.78, 5) is 11.5. The molecule has 0 aromatic heterocycles. The summed E-state index contributed by atoms with van der Waals surface area (Å²) in [7, 11) is 0. The van der Waals surface area contributed by atoms with Crippen molar-refractivity contribution < 1.29 is 20.1 Å². The first kappa shape index (κ1) is 13.0. The number of ketones is 1. The second-order valence-electron chi connectivity index (χ2n) is 3.93. The van der Waals surface area contributed by atoms with Gasteiger partial charge in [0.1, 0.15) is 5.78 Å². The van der Waals surface area contributed by atoms with Crippen molar-refractivity contribution in [3.63, 3.8) is 0 Å². The molecular weight excluding hydrogens is 216 g/mol. The quantitative estimate of drug-likeness (QED) is 0.586. The molecule has 4 nitrogen and oxygen atoms in total. The van der Waals surface area contributed by atoms with Crippen molar-refractivity contribution in [3.05, 3.63) is 0 Å². The van der Waals surface area contributed by atoms with E-state index in [1.165, 1.54) is 11.8 Å². The van der Waals surface area contributed by atoms with Crippen LogP contribution in [0.15, 0.2) is 0 Å². The first-order chi connectivity index (χ1) is 7.19. The van der Waals surface area contributed by atoms with Crippen LogP contribution in [-0.2, 0) is 4.79 Å². The third kappa shape index (κ3) is 3.75. The summed E-state index contributed by atoms with van der Waals surface area (Å²) in [5.41, 5.74) is 0. The number of hydrogen-bond acceptors (Lipinski definition) is 5. The number of hydrogen-bond donors (Lipinski definition) is 3. The van der Waals surface area contributed by atoms with Gasteiger partial charge in [-0.25, -0.2) is 0 Å². The van der Waals surface area contributed by atoms with Crippen molar-refractivity contribution in [3.8, 4) is 0 Å². The molecule has 3 N–H and O–H groups in total. The lowest BCUT2D eigenvalue weighted by Crippen LogP contribution is -2.22. The normalized spacial score (nSPS) is 28.3. The summed E-state index contributed by atoms with van der Waals surface area (Å²) in [6, 6.07) is 0. The highest BCUT2D eigenvalue weighted by atomic mass is 32.2. The van der Waals surface area contributed by atoms with Crippen LogP contribution in [0, 0.1) is 11.8 Å². The Morgan fingerprint density at radius 1 is 1.47 bits per heavy atom. The standard InChI is InChI=1S/C10H18O4S/c11-3-7-1-2-10(14)9(7)6-15-5-8(13)4-12/h7-9,11-13H,1-6H2/t7-,8?,9-/m0/s1.